The van der Waals surface area contributed by atoms with E-state index in [4.69, 9.17) is 4.42 Å². The fourth-order valence-electron chi connectivity index (χ4n) is 5.49. The van der Waals surface area contributed by atoms with Crippen molar-refractivity contribution in [2.24, 2.45) is 5.92 Å². The van der Waals surface area contributed by atoms with Crippen molar-refractivity contribution in [2.45, 2.75) is 90.4 Å². The van der Waals surface area contributed by atoms with Crippen LogP contribution in [0, 0.1) is 12.8 Å². The maximum Gasteiger partial charge on any atom is 0.336 e. The first-order valence-electron chi connectivity index (χ1n) is 15.6. The summed E-state index contributed by atoms with van der Waals surface area (Å²) in [4.78, 5) is 101. The molecule has 0 spiro atoms. The van der Waals surface area contributed by atoms with Gasteiger partial charge in [-0.05, 0) is 49.8 Å². The van der Waals surface area contributed by atoms with Crippen molar-refractivity contribution in [3.05, 3.63) is 40.2 Å². The molecule has 6 N–H and O–H groups in total. The van der Waals surface area contributed by atoms with Crippen molar-refractivity contribution in [3.63, 3.8) is 0 Å². The Morgan fingerprint density at radius 3 is 2.31 bits per heavy atom. The van der Waals surface area contributed by atoms with E-state index in [0.29, 0.717) is 23.8 Å². The third-order valence-corrected chi connectivity index (χ3v) is 8.18. The van der Waals surface area contributed by atoms with Gasteiger partial charge in [0.05, 0.1) is 6.42 Å². The van der Waals surface area contributed by atoms with Gasteiger partial charge in [-0.2, -0.15) is 0 Å². The van der Waals surface area contributed by atoms with Crippen LogP contribution in [0.2, 0.25) is 0 Å². The highest BCUT2D eigenvalue weighted by atomic mass is 16.4. The molecule has 0 unspecified atom stereocenters. The standard InChI is InChI=1S/C32H41N5O11/c1-5-16(2)28(33-18(4)38)31(46)35-21(10-11-25(39)40)32(47)37-12-6-7-23(37)30(45)36-22(15-26(41)42)29(44)34-19-8-9-20-17(3)13-27(43)48-24(20)14-19/h8-9,13-14,16,21-23,28H,5-7,10-12,15H2,1-4H3,(H,33,38)(H,34,44)(H,35,46)(H,36,45)(H,39,40)(H,41,42)/t16-,21-,22-,23-,28-/m0/s1. The lowest BCUT2D eigenvalue weighted by Crippen LogP contribution is -2.58. The molecule has 0 saturated carbocycles. The van der Waals surface area contributed by atoms with Crippen LogP contribution >= 0.6 is 0 Å². The van der Waals surface area contributed by atoms with E-state index in [9.17, 15) is 48.6 Å². The van der Waals surface area contributed by atoms with Crippen LogP contribution in [0.15, 0.2) is 33.5 Å². The number of fused-ring (bicyclic) bond motifs is 1. The zero-order chi connectivity index (χ0) is 35.7. The summed E-state index contributed by atoms with van der Waals surface area (Å²) < 4.78 is 5.19. The summed E-state index contributed by atoms with van der Waals surface area (Å²) in [5.74, 6) is -6.51. The van der Waals surface area contributed by atoms with E-state index in [2.05, 4.69) is 21.3 Å². The molecule has 1 aromatic heterocycles. The first kappa shape index (κ1) is 37.2. The molecule has 1 saturated heterocycles. The smallest absolute Gasteiger partial charge is 0.336 e. The Kier molecular flexibility index (Phi) is 12.8. The number of carboxylic acids is 2. The van der Waals surface area contributed by atoms with Crippen LogP contribution in [0.25, 0.3) is 11.0 Å². The number of carbonyl (C=O) groups excluding carboxylic acids is 5. The monoisotopic (exact) mass is 671 g/mol. The Labute approximate surface area is 275 Å². The first-order chi connectivity index (χ1) is 22.6. The van der Waals surface area contributed by atoms with E-state index in [1.165, 1.54) is 30.0 Å². The molecule has 1 aliphatic heterocycles. The van der Waals surface area contributed by atoms with Gasteiger partial charge in [-0.3, -0.25) is 33.6 Å². The maximum absolute atomic E-state index is 13.7. The minimum absolute atomic E-state index is 0.0777. The number of aliphatic carboxylic acids is 2. The molecule has 3 rings (SSSR count). The molecule has 1 fully saturated rings. The average Bonchev–Trinajstić information content (AvgIpc) is 3.50. The number of carboxylic acid groups (broad SMARTS) is 2. The highest BCUT2D eigenvalue weighted by Gasteiger charge is 2.40. The van der Waals surface area contributed by atoms with Gasteiger partial charge in [-0.1, -0.05) is 20.3 Å². The topological polar surface area (TPSA) is 242 Å². The lowest BCUT2D eigenvalue weighted by Gasteiger charge is -2.31. The highest BCUT2D eigenvalue weighted by Crippen LogP contribution is 2.23. The highest BCUT2D eigenvalue weighted by molar-refractivity contribution is 6.01. The van der Waals surface area contributed by atoms with Crippen molar-refractivity contribution in [1.82, 2.24) is 20.9 Å². The number of rotatable bonds is 15. The van der Waals surface area contributed by atoms with Gasteiger partial charge < -0.3 is 40.8 Å². The van der Waals surface area contributed by atoms with E-state index in [1.807, 2.05) is 6.92 Å². The van der Waals surface area contributed by atoms with Gasteiger partial charge in [-0.15, -0.1) is 0 Å². The predicted octanol–water partition coefficient (Wildman–Crippen LogP) is 0.891. The molecule has 0 aliphatic carbocycles. The number of nitrogens with zero attached hydrogens (tertiary/aromatic N) is 1. The van der Waals surface area contributed by atoms with Crippen LogP contribution in [0.5, 0.6) is 0 Å². The third-order valence-electron chi connectivity index (χ3n) is 8.18. The molecule has 2 heterocycles. The van der Waals surface area contributed by atoms with Gasteiger partial charge in [0.1, 0.15) is 29.8 Å². The summed E-state index contributed by atoms with van der Waals surface area (Å²) in [6.45, 7) is 6.58. The molecule has 0 bridgehead atoms. The van der Waals surface area contributed by atoms with Gasteiger partial charge in [0, 0.05) is 43.1 Å². The number of benzene rings is 1. The van der Waals surface area contributed by atoms with Gasteiger partial charge in [-0.25, -0.2) is 4.79 Å². The summed E-state index contributed by atoms with van der Waals surface area (Å²) in [5, 5.41) is 29.4. The molecule has 2 aromatic rings. The Morgan fingerprint density at radius 1 is 0.979 bits per heavy atom. The molecular formula is C32H41N5O11. The largest absolute Gasteiger partial charge is 0.481 e. The molecular weight excluding hydrogens is 630 g/mol. The normalized spacial score (nSPS) is 16.7. The summed E-state index contributed by atoms with van der Waals surface area (Å²) in [6.07, 6.45) is -0.535. The fraction of sp³-hybridized carbons (Fsp3) is 0.500. The first-order valence-corrected chi connectivity index (χ1v) is 15.6. The number of hydrogen-bond acceptors (Lipinski definition) is 9. The number of hydrogen-bond donors (Lipinski definition) is 6. The van der Waals surface area contributed by atoms with E-state index in [0.717, 1.165) is 0 Å². The fourth-order valence-corrected chi connectivity index (χ4v) is 5.49. The van der Waals surface area contributed by atoms with Crippen molar-refractivity contribution in [1.29, 1.82) is 0 Å². The molecule has 0 radical (unpaired) electrons. The van der Waals surface area contributed by atoms with Gasteiger partial charge in [0.2, 0.25) is 29.5 Å². The second kappa shape index (κ2) is 16.5. The lowest BCUT2D eigenvalue weighted by molar-refractivity contribution is -0.144. The Bertz CT molecular complexity index is 1640. The van der Waals surface area contributed by atoms with Crippen LogP contribution in [0.4, 0.5) is 5.69 Å². The number of anilines is 1. The number of aryl methyl sites for hydroxylation is 1. The van der Waals surface area contributed by atoms with Gasteiger partial charge in [0.15, 0.2) is 0 Å². The molecule has 1 aliphatic rings. The van der Waals surface area contributed by atoms with Crippen LogP contribution in [0.1, 0.15) is 64.9 Å². The number of nitrogens with one attached hydrogen (secondary N) is 4. The number of likely N-dealkylation sites (tertiary alicyclic amines) is 1. The lowest BCUT2D eigenvalue weighted by atomic mass is 9.97. The molecule has 48 heavy (non-hydrogen) atoms. The predicted molar refractivity (Wildman–Crippen MR) is 171 cm³/mol. The second-order valence-electron chi connectivity index (χ2n) is 11.9. The molecule has 5 amide bonds. The van der Waals surface area contributed by atoms with E-state index >= 15 is 0 Å². The Balaban J connectivity index is 1.79. The number of carbonyl (C=O) groups is 7. The summed E-state index contributed by atoms with van der Waals surface area (Å²) in [7, 11) is 0. The SMILES string of the molecule is CC[C@H](C)[C@H](NC(C)=O)C(=O)N[C@@H](CCC(=O)O)C(=O)N1CCC[C@H]1C(=O)N[C@@H](CC(=O)O)C(=O)Nc1ccc2c(C)cc(=O)oc2c1. The zero-order valence-corrected chi connectivity index (χ0v) is 27.2. The number of amides is 5. The average molecular weight is 672 g/mol. The minimum Gasteiger partial charge on any atom is -0.481 e. The van der Waals surface area contributed by atoms with E-state index in [-0.39, 0.29) is 36.6 Å². The third kappa shape index (κ3) is 9.86. The summed E-state index contributed by atoms with van der Waals surface area (Å²) in [6, 6.07) is 0.772. The van der Waals surface area contributed by atoms with Gasteiger partial charge in [0.25, 0.3) is 0 Å². The molecule has 16 heteroatoms. The second-order valence-corrected chi connectivity index (χ2v) is 11.9. The summed E-state index contributed by atoms with van der Waals surface area (Å²) in [5.41, 5.74) is 0.422. The maximum atomic E-state index is 13.7. The minimum atomic E-state index is -1.57. The van der Waals surface area contributed by atoms with Crippen LogP contribution in [0.3, 0.4) is 0 Å². The van der Waals surface area contributed by atoms with Crippen molar-refractivity contribution < 1.29 is 48.2 Å². The molecule has 260 valence electrons. The van der Waals surface area contributed by atoms with Crippen molar-refractivity contribution in [3.8, 4) is 0 Å². The zero-order valence-electron chi connectivity index (χ0n) is 27.2. The van der Waals surface area contributed by atoms with E-state index < -0.39 is 84.1 Å². The van der Waals surface area contributed by atoms with Crippen molar-refractivity contribution >= 4 is 58.1 Å². The van der Waals surface area contributed by atoms with Crippen LogP contribution in [-0.2, 0) is 33.6 Å². The Morgan fingerprint density at radius 2 is 1.69 bits per heavy atom. The molecule has 1 aromatic carbocycles. The van der Waals surface area contributed by atoms with E-state index in [1.54, 1.807) is 19.9 Å². The quantitative estimate of drug-likeness (QED) is 0.145. The Hall–Kier alpha value is -5.28. The van der Waals surface area contributed by atoms with Crippen LogP contribution in [-0.4, -0.2) is 87.3 Å². The summed E-state index contributed by atoms with van der Waals surface area (Å²) >= 11 is 0. The van der Waals surface area contributed by atoms with Crippen LogP contribution < -0.4 is 26.9 Å². The van der Waals surface area contributed by atoms with Gasteiger partial charge >= 0.3 is 17.6 Å². The van der Waals surface area contributed by atoms with Crippen molar-refractivity contribution in [2.75, 3.05) is 11.9 Å². The molecule has 5 atom stereocenters. The molecule has 16 nitrogen and oxygen atoms in total.